The van der Waals surface area contributed by atoms with Crippen LogP contribution in [0, 0.1) is 12.3 Å². The fraction of sp³-hybridized carbons (Fsp3) is 0.667. The van der Waals surface area contributed by atoms with Crippen molar-refractivity contribution in [3.8, 4) is 0 Å². The van der Waals surface area contributed by atoms with Gasteiger partial charge in [0.25, 0.3) is 0 Å². The van der Waals surface area contributed by atoms with E-state index in [1.165, 1.54) is 11.5 Å². The second-order valence-corrected chi connectivity index (χ2v) is 6.03. The minimum absolute atomic E-state index is 0.0786. The lowest BCUT2D eigenvalue weighted by atomic mass is 9.88. The van der Waals surface area contributed by atoms with Gasteiger partial charge in [-0.15, -0.1) is 0 Å². The molecule has 0 radical (unpaired) electrons. The molecule has 16 heavy (non-hydrogen) atoms. The van der Waals surface area contributed by atoms with Crippen LogP contribution < -0.4 is 5.32 Å². The summed E-state index contributed by atoms with van der Waals surface area (Å²) in [5, 5.41) is 4.28. The van der Waals surface area contributed by atoms with E-state index < -0.39 is 0 Å². The van der Waals surface area contributed by atoms with E-state index in [2.05, 4.69) is 37.4 Å². The van der Waals surface area contributed by atoms with E-state index in [0.29, 0.717) is 6.04 Å². The van der Waals surface area contributed by atoms with Gasteiger partial charge in [-0.25, -0.2) is 0 Å². The molecule has 1 unspecified atom stereocenters. The number of aromatic nitrogens is 1. The second kappa shape index (κ2) is 4.53. The molecule has 1 N–H and O–H groups in total. The fourth-order valence-electron chi connectivity index (χ4n) is 1.30. The molecule has 0 saturated carbocycles. The van der Waals surface area contributed by atoms with Crippen LogP contribution in [-0.2, 0) is 0 Å². The first-order valence-corrected chi connectivity index (χ1v) is 6.24. The van der Waals surface area contributed by atoms with Gasteiger partial charge < -0.3 is 5.32 Å². The van der Waals surface area contributed by atoms with Gasteiger partial charge in [-0.2, -0.15) is 4.37 Å². The number of hydrogen-bond acceptors (Lipinski definition) is 4. The molecule has 0 spiro atoms. The van der Waals surface area contributed by atoms with E-state index in [9.17, 15) is 4.79 Å². The van der Waals surface area contributed by atoms with Crippen LogP contribution in [0.15, 0.2) is 0 Å². The summed E-state index contributed by atoms with van der Waals surface area (Å²) in [6.07, 6.45) is 0. The monoisotopic (exact) mass is 240 g/mol. The van der Waals surface area contributed by atoms with Gasteiger partial charge >= 0.3 is 0 Å². The van der Waals surface area contributed by atoms with Gasteiger partial charge in [0.2, 0.25) is 0 Å². The van der Waals surface area contributed by atoms with Crippen LogP contribution in [0.5, 0.6) is 0 Å². The average molecular weight is 240 g/mol. The number of carbonyl (C=O) groups excluding carboxylic acids is 1. The third-order valence-corrected chi connectivity index (χ3v) is 3.73. The molecule has 0 fully saturated rings. The van der Waals surface area contributed by atoms with Gasteiger partial charge in [0.05, 0.1) is 11.3 Å². The van der Waals surface area contributed by atoms with Crippen molar-refractivity contribution in [2.45, 2.75) is 47.6 Å². The molecule has 0 aliphatic heterocycles. The Labute approximate surface area is 101 Å². The molecule has 4 heteroatoms. The zero-order valence-corrected chi connectivity index (χ0v) is 11.7. The molecule has 0 aliphatic rings. The summed E-state index contributed by atoms with van der Waals surface area (Å²) >= 11 is 1.37. The number of ketones is 1. The number of anilines is 1. The molecular formula is C12H20N2OS. The molecule has 1 atom stereocenters. The third kappa shape index (κ3) is 2.82. The topological polar surface area (TPSA) is 42.0 Å². The molecule has 0 aromatic carbocycles. The number of nitrogens with one attached hydrogen (secondary N) is 1. The highest BCUT2D eigenvalue weighted by atomic mass is 32.1. The Hall–Kier alpha value is -0.900. The van der Waals surface area contributed by atoms with Crippen molar-refractivity contribution in [1.29, 1.82) is 0 Å². The molecule has 0 aliphatic carbocycles. The van der Waals surface area contributed by atoms with Gasteiger partial charge in [-0.05, 0) is 37.7 Å². The first kappa shape index (κ1) is 13.2. The van der Waals surface area contributed by atoms with Crippen LogP contribution in [0.25, 0.3) is 0 Å². The van der Waals surface area contributed by atoms with E-state index in [0.717, 1.165) is 16.3 Å². The number of hydrogen-bond donors (Lipinski definition) is 1. The Bertz CT molecular complexity index is 390. The van der Waals surface area contributed by atoms with Gasteiger partial charge in [0.1, 0.15) is 5.00 Å². The van der Waals surface area contributed by atoms with Crippen LogP contribution in [0.4, 0.5) is 5.00 Å². The highest BCUT2D eigenvalue weighted by Gasteiger charge is 2.23. The quantitative estimate of drug-likeness (QED) is 0.822. The summed E-state index contributed by atoms with van der Waals surface area (Å²) in [4.78, 5) is 11.5. The van der Waals surface area contributed by atoms with E-state index in [4.69, 9.17) is 0 Å². The van der Waals surface area contributed by atoms with Gasteiger partial charge in [-0.1, -0.05) is 20.8 Å². The van der Waals surface area contributed by atoms with E-state index in [-0.39, 0.29) is 11.2 Å². The number of nitrogens with zero attached hydrogens (tertiary/aromatic N) is 1. The Kier molecular flexibility index (Phi) is 3.73. The van der Waals surface area contributed by atoms with E-state index in [1.54, 1.807) is 6.92 Å². The Morgan fingerprint density at radius 3 is 2.44 bits per heavy atom. The molecular weight excluding hydrogens is 220 g/mol. The summed E-state index contributed by atoms with van der Waals surface area (Å²) in [7, 11) is 0. The van der Waals surface area contributed by atoms with Crippen LogP contribution in [0.3, 0.4) is 0 Å². The maximum Gasteiger partial charge on any atom is 0.164 e. The van der Waals surface area contributed by atoms with E-state index in [1.807, 2.05) is 6.92 Å². The van der Waals surface area contributed by atoms with Gasteiger partial charge in [0, 0.05) is 6.04 Å². The lowest BCUT2D eigenvalue weighted by Crippen LogP contribution is -2.30. The van der Waals surface area contributed by atoms with Crippen molar-refractivity contribution in [2.24, 2.45) is 5.41 Å². The third-order valence-electron chi connectivity index (χ3n) is 2.86. The number of rotatable bonds is 3. The second-order valence-electron chi connectivity index (χ2n) is 5.26. The number of carbonyl (C=O) groups is 1. The Balaban J connectivity index is 2.94. The fourth-order valence-corrected chi connectivity index (χ4v) is 2.23. The SMILES string of the molecule is CC(=O)c1c(C)nsc1NC(C)C(C)(C)C. The zero-order chi connectivity index (χ0) is 12.5. The summed E-state index contributed by atoms with van der Waals surface area (Å²) in [5.74, 6) is 0.0786. The zero-order valence-electron chi connectivity index (χ0n) is 10.8. The molecule has 90 valence electrons. The Morgan fingerprint density at radius 2 is 2.00 bits per heavy atom. The highest BCUT2D eigenvalue weighted by Crippen LogP contribution is 2.29. The molecule has 0 bridgehead atoms. The summed E-state index contributed by atoms with van der Waals surface area (Å²) in [6, 6.07) is 0.297. The van der Waals surface area contributed by atoms with Crippen LogP contribution in [0.1, 0.15) is 50.7 Å². The maximum absolute atomic E-state index is 11.5. The van der Waals surface area contributed by atoms with Crippen molar-refractivity contribution in [3.05, 3.63) is 11.3 Å². The van der Waals surface area contributed by atoms with Crippen LogP contribution >= 0.6 is 11.5 Å². The van der Waals surface area contributed by atoms with Crippen LogP contribution in [-0.4, -0.2) is 16.2 Å². The predicted octanol–water partition coefficient (Wildman–Crippen LogP) is 3.50. The Morgan fingerprint density at radius 1 is 1.44 bits per heavy atom. The normalized spacial score (nSPS) is 13.6. The van der Waals surface area contributed by atoms with E-state index >= 15 is 0 Å². The predicted molar refractivity (Wildman–Crippen MR) is 69.4 cm³/mol. The first-order valence-electron chi connectivity index (χ1n) is 5.47. The maximum atomic E-state index is 11.5. The summed E-state index contributed by atoms with van der Waals surface area (Å²) in [6.45, 7) is 12.1. The van der Waals surface area contributed by atoms with Crippen molar-refractivity contribution in [2.75, 3.05) is 5.32 Å². The number of aryl methyl sites for hydroxylation is 1. The minimum atomic E-state index is 0.0786. The van der Waals surface area contributed by atoms with Crippen molar-refractivity contribution in [3.63, 3.8) is 0 Å². The molecule has 1 aromatic rings. The molecule has 0 saturated heterocycles. The molecule has 1 aromatic heterocycles. The highest BCUT2D eigenvalue weighted by molar-refractivity contribution is 7.10. The first-order chi connectivity index (χ1) is 7.23. The van der Waals surface area contributed by atoms with Crippen molar-refractivity contribution >= 4 is 22.3 Å². The molecule has 1 heterocycles. The van der Waals surface area contributed by atoms with Crippen molar-refractivity contribution < 1.29 is 4.79 Å². The minimum Gasteiger partial charge on any atom is -0.372 e. The standard InChI is InChI=1S/C12H20N2OS/c1-7-10(8(2)15)11(16-14-7)13-9(3)12(4,5)6/h9,13H,1-6H3. The number of Topliss-reactive ketones (excluding diaryl/α,β-unsaturated/α-hetero) is 1. The molecule has 1 rings (SSSR count). The average Bonchev–Trinajstić information content (AvgIpc) is 2.45. The lowest BCUT2D eigenvalue weighted by Gasteiger charge is -2.28. The van der Waals surface area contributed by atoms with Gasteiger partial charge in [0.15, 0.2) is 5.78 Å². The van der Waals surface area contributed by atoms with Crippen LogP contribution in [0.2, 0.25) is 0 Å². The lowest BCUT2D eigenvalue weighted by molar-refractivity contribution is 0.101. The molecule has 0 amide bonds. The molecule has 3 nitrogen and oxygen atoms in total. The smallest absolute Gasteiger partial charge is 0.164 e. The largest absolute Gasteiger partial charge is 0.372 e. The summed E-state index contributed by atoms with van der Waals surface area (Å²) < 4.78 is 4.23. The van der Waals surface area contributed by atoms with Crippen molar-refractivity contribution in [1.82, 2.24) is 4.37 Å². The summed E-state index contributed by atoms with van der Waals surface area (Å²) in [5.41, 5.74) is 1.72. The van der Waals surface area contributed by atoms with Gasteiger partial charge in [-0.3, -0.25) is 4.79 Å².